The van der Waals surface area contributed by atoms with Crippen LogP contribution in [0.15, 0.2) is 34.9 Å². The first-order chi connectivity index (χ1) is 10.5. The van der Waals surface area contributed by atoms with E-state index in [-0.39, 0.29) is 18.1 Å². The highest BCUT2D eigenvalue weighted by atomic mass is 79.9. The van der Waals surface area contributed by atoms with Gasteiger partial charge in [0.25, 0.3) is 0 Å². The second-order valence-electron chi connectivity index (χ2n) is 4.27. The van der Waals surface area contributed by atoms with Gasteiger partial charge in [-0.05, 0) is 33.6 Å². The van der Waals surface area contributed by atoms with Crippen molar-refractivity contribution >= 4 is 21.9 Å². The van der Waals surface area contributed by atoms with Crippen molar-refractivity contribution in [1.29, 1.82) is 0 Å². The maximum absolute atomic E-state index is 11.2. The zero-order chi connectivity index (χ0) is 16.1. The van der Waals surface area contributed by atoms with Crippen LogP contribution in [0.4, 0.5) is 0 Å². The Bertz CT molecular complexity index is 672. The summed E-state index contributed by atoms with van der Waals surface area (Å²) in [6, 6.07) is 8.93. The van der Waals surface area contributed by atoms with Crippen molar-refractivity contribution in [1.82, 2.24) is 4.98 Å². The molecule has 1 aromatic carbocycles. The molecule has 0 aliphatic rings. The smallest absolute Gasteiger partial charge is 0.358 e. The number of methoxy groups -OCH3 is 2. The predicted octanol–water partition coefficient (Wildman–Crippen LogP) is 3.14. The molecule has 0 aliphatic heterocycles. The molecule has 22 heavy (non-hydrogen) atoms. The molecule has 0 unspecified atom stereocenters. The average molecular weight is 368 g/mol. The monoisotopic (exact) mass is 367 g/mol. The van der Waals surface area contributed by atoms with Gasteiger partial charge in [-0.3, -0.25) is 0 Å². The maximum Gasteiger partial charge on any atom is 0.358 e. The zero-order valence-electron chi connectivity index (χ0n) is 12.0. The first-order valence-corrected chi connectivity index (χ1v) is 7.08. The largest absolute Gasteiger partial charge is 0.497 e. The second-order valence-corrected chi connectivity index (χ2v) is 5.08. The number of ether oxygens (including phenoxy) is 3. The van der Waals surface area contributed by atoms with Crippen molar-refractivity contribution in [2.75, 3.05) is 14.2 Å². The normalized spacial score (nSPS) is 10.1. The van der Waals surface area contributed by atoms with Crippen LogP contribution in [0.5, 0.6) is 17.2 Å². The Morgan fingerprint density at radius 1 is 1.23 bits per heavy atom. The summed E-state index contributed by atoms with van der Waals surface area (Å²) in [5.41, 5.74) is 0.703. The lowest BCUT2D eigenvalue weighted by Gasteiger charge is -2.13. The second kappa shape index (κ2) is 7.13. The lowest BCUT2D eigenvalue weighted by atomic mass is 10.2. The summed E-state index contributed by atoms with van der Waals surface area (Å²) < 4.78 is 16.2. The van der Waals surface area contributed by atoms with Crippen molar-refractivity contribution in [2.45, 2.75) is 6.61 Å². The molecule has 2 aromatic rings. The first kappa shape index (κ1) is 16.1. The molecule has 7 heteroatoms. The predicted molar refractivity (Wildman–Crippen MR) is 82.8 cm³/mol. The van der Waals surface area contributed by atoms with Crippen LogP contribution in [-0.4, -0.2) is 30.3 Å². The number of pyridine rings is 1. The maximum atomic E-state index is 11.2. The molecule has 0 saturated heterocycles. The number of hydrogen-bond acceptors (Lipinski definition) is 5. The molecule has 0 fully saturated rings. The standard InChI is InChI=1S/C15H14BrNO5/c1-20-10-5-3-9(4-6-10)8-22-11-7-12(16)17-13(15(18)19)14(11)21-2/h3-7H,8H2,1-2H3,(H,18,19). The van der Waals surface area contributed by atoms with Crippen LogP contribution in [0.2, 0.25) is 0 Å². The van der Waals surface area contributed by atoms with Crippen LogP contribution in [-0.2, 0) is 6.61 Å². The molecular formula is C15H14BrNO5. The van der Waals surface area contributed by atoms with Gasteiger partial charge in [-0.25, -0.2) is 9.78 Å². The Morgan fingerprint density at radius 3 is 2.45 bits per heavy atom. The van der Waals surface area contributed by atoms with E-state index in [0.717, 1.165) is 11.3 Å². The SMILES string of the molecule is COc1ccc(COc2cc(Br)nc(C(=O)O)c2OC)cc1. The summed E-state index contributed by atoms with van der Waals surface area (Å²) >= 11 is 3.16. The summed E-state index contributed by atoms with van der Waals surface area (Å²) in [4.78, 5) is 15.1. The number of carbonyl (C=O) groups is 1. The van der Waals surface area contributed by atoms with Gasteiger partial charge >= 0.3 is 5.97 Å². The van der Waals surface area contributed by atoms with Crippen molar-refractivity contribution in [3.63, 3.8) is 0 Å². The quantitative estimate of drug-likeness (QED) is 0.790. The van der Waals surface area contributed by atoms with E-state index in [1.54, 1.807) is 13.2 Å². The third-order valence-electron chi connectivity index (χ3n) is 2.87. The molecule has 0 bridgehead atoms. The number of nitrogens with zero attached hydrogens (tertiary/aromatic N) is 1. The first-order valence-electron chi connectivity index (χ1n) is 6.28. The van der Waals surface area contributed by atoms with Crippen molar-refractivity contribution in [2.24, 2.45) is 0 Å². The van der Waals surface area contributed by atoms with Crippen LogP contribution >= 0.6 is 15.9 Å². The molecule has 116 valence electrons. The van der Waals surface area contributed by atoms with Gasteiger partial charge in [0.2, 0.25) is 0 Å². The van der Waals surface area contributed by atoms with Crippen LogP contribution in [0.25, 0.3) is 0 Å². The molecule has 0 saturated carbocycles. The number of aromatic nitrogens is 1. The lowest BCUT2D eigenvalue weighted by Crippen LogP contribution is -2.07. The molecule has 0 atom stereocenters. The fourth-order valence-corrected chi connectivity index (χ4v) is 2.20. The lowest BCUT2D eigenvalue weighted by molar-refractivity contribution is 0.0685. The van der Waals surface area contributed by atoms with Crippen molar-refractivity contribution < 1.29 is 24.1 Å². The molecule has 1 N–H and O–H groups in total. The molecule has 1 aromatic heterocycles. The Kier molecular flexibility index (Phi) is 5.21. The van der Waals surface area contributed by atoms with E-state index >= 15 is 0 Å². The summed E-state index contributed by atoms with van der Waals surface area (Å²) in [6.45, 7) is 0.260. The molecule has 0 radical (unpaired) electrons. The van der Waals surface area contributed by atoms with Gasteiger partial charge < -0.3 is 19.3 Å². The Balaban J connectivity index is 2.22. The van der Waals surface area contributed by atoms with E-state index < -0.39 is 5.97 Å². The molecule has 0 amide bonds. The van der Waals surface area contributed by atoms with E-state index in [1.807, 2.05) is 24.3 Å². The number of hydrogen-bond donors (Lipinski definition) is 1. The van der Waals surface area contributed by atoms with E-state index in [1.165, 1.54) is 7.11 Å². The average Bonchev–Trinajstić information content (AvgIpc) is 2.52. The van der Waals surface area contributed by atoms with Crippen LogP contribution < -0.4 is 14.2 Å². The minimum absolute atomic E-state index is 0.0872. The Morgan fingerprint density at radius 2 is 1.91 bits per heavy atom. The van der Waals surface area contributed by atoms with E-state index in [2.05, 4.69) is 20.9 Å². The minimum Gasteiger partial charge on any atom is -0.497 e. The van der Waals surface area contributed by atoms with E-state index in [4.69, 9.17) is 19.3 Å². The summed E-state index contributed by atoms with van der Waals surface area (Å²) in [7, 11) is 2.97. The van der Waals surface area contributed by atoms with E-state index in [0.29, 0.717) is 10.4 Å². The van der Waals surface area contributed by atoms with Gasteiger partial charge in [0.15, 0.2) is 17.2 Å². The number of rotatable bonds is 6. The van der Waals surface area contributed by atoms with Crippen LogP contribution in [0.1, 0.15) is 16.1 Å². The fraction of sp³-hybridized carbons (Fsp3) is 0.200. The molecule has 2 rings (SSSR count). The minimum atomic E-state index is -1.19. The van der Waals surface area contributed by atoms with Gasteiger partial charge in [-0.2, -0.15) is 0 Å². The summed E-state index contributed by atoms with van der Waals surface area (Å²) in [6.07, 6.45) is 0. The highest BCUT2D eigenvalue weighted by molar-refractivity contribution is 9.10. The summed E-state index contributed by atoms with van der Waals surface area (Å²) in [5, 5.41) is 9.16. The van der Waals surface area contributed by atoms with Crippen molar-refractivity contribution in [3.05, 3.63) is 46.2 Å². The van der Waals surface area contributed by atoms with Crippen LogP contribution in [0, 0.1) is 0 Å². The van der Waals surface area contributed by atoms with Gasteiger partial charge in [-0.1, -0.05) is 12.1 Å². The molecular weight excluding hydrogens is 354 g/mol. The van der Waals surface area contributed by atoms with Gasteiger partial charge in [0, 0.05) is 6.07 Å². The Labute approximate surface area is 135 Å². The summed E-state index contributed by atoms with van der Waals surface area (Å²) in [5.74, 6) is -0.0459. The highest BCUT2D eigenvalue weighted by Crippen LogP contribution is 2.33. The van der Waals surface area contributed by atoms with Gasteiger partial charge in [0.1, 0.15) is 17.0 Å². The number of carboxylic acid groups (broad SMARTS) is 1. The van der Waals surface area contributed by atoms with Crippen molar-refractivity contribution in [3.8, 4) is 17.2 Å². The molecule has 1 heterocycles. The number of halogens is 1. The third kappa shape index (κ3) is 3.67. The molecule has 0 spiro atoms. The van der Waals surface area contributed by atoms with E-state index in [9.17, 15) is 4.79 Å². The number of benzene rings is 1. The molecule has 0 aliphatic carbocycles. The Hall–Kier alpha value is -2.28. The third-order valence-corrected chi connectivity index (χ3v) is 3.27. The van der Waals surface area contributed by atoms with Crippen LogP contribution in [0.3, 0.4) is 0 Å². The highest BCUT2D eigenvalue weighted by Gasteiger charge is 2.19. The zero-order valence-corrected chi connectivity index (χ0v) is 13.6. The number of aromatic carboxylic acids is 1. The van der Waals surface area contributed by atoms with Gasteiger partial charge in [-0.15, -0.1) is 0 Å². The van der Waals surface area contributed by atoms with Gasteiger partial charge in [0.05, 0.1) is 14.2 Å². The molecule has 6 nitrogen and oxygen atoms in total. The fourth-order valence-electron chi connectivity index (χ4n) is 1.81. The number of carboxylic acids is 1. The topological polar surface area (TPSA) is 77.9 Å².